The molecule has 0 saturated heterocycles. The summed E-state index contributed by atoms with van der Waals surface area (Å²) in [7, 11) is 1.80. The van der Waals surface area contributed by atoms with Gasteiger partial charge in [-0.15, -0.1) is 0 Å². The molecule has 1 unspecified atom stereocenters. The molecule has 0 aliphatic heterocycles. The molecular formula is C13H16N4S. The smallest absolute Gasteiger partial charge is 0.166 e. The lowest BCUT2D eigenvalue weighted by molar-refractivity contribution is 0.550. The number of benzene rings is 1. The van der Waals surface area contributed by atoms with Crippen molar-refractivity contribution in [1.82, 2.24) is 15.3 Å². The van der Waals surface area contributed by atoms with Gasteiger partial charge in [0, 0.05) is 5.75 Å². The van der Waals surface area contributed by atoms with E-state index < -0.39 is 5.54 Å². The van der Waals surface area contributed by atoms with Crippen molar-refractivity contribution in [3.63, 3.8) is 0 Å². The fourth-order valence-corrected chi connectivity index (χ4v) is 2.52. The lowest BCUT2D eigenvalue weighted by Gasteiger charge is -2.18. The fraction of sp³-hybridized carbons (Fsp3) is 0.385. The highest BCUT2D eigenvalue weighted by Crippen LogP contribution is 2.23. The van der Waals surface area contributed by atoms with E-state index >= 15 is 0 Å². The first-order valence-corrected chi connectivity index (χ1v) is 6.74. The van der Waals surface area contributed by atoms with E-state index in [1.54, 1.807) is 18.8 Å². The molecule has 0 aliphatic rings. The molecule has 2 aromatic rings. The highest BCUT2D eigenvalue weighted by Gasteiger charge is 2.22. The third kappa shape index (κ3) is 2.66. The minimum absolute atomic E-state index is 0.528. The highest BCUT2D eigenvalue weighted by atomic mass is 32.2. The van der Waals surface area contributed by atoms with E-state index in [9.17, 15) is 0 Å². The molecule has 0 aliphatic carbocycles. The van der Waals surface area contributed by atoms with Crippen LogP contribution in [0.3, 0.4) is 0 Å². The van der Waals surface area contributed by atoms with Gasteiger partial charge < -0.3 is 10.3 Å². The minimum Gasteiger partial charge on any atom is -0.333 e. The van der Waals surface area contributed by atoms with Gasteiger partial charge in [-0.05, 0) is 38.6 Å². The summed E-state index contributed by atoms with van der Waals surface area (Å²) in [4.78, 5) is 7.77. The maximum absolute atomic E-state index is 9.08. The van der Waals surface area contributed by atoms with Crippen molar-refractivity contribution in [3.05, 3.63) is 23.8 Å². The van der Waals surface area contributed by atoms with E-state index in [1.807, 2.05) is 19.1 Å². The van der Waals surface area contributed by atoms with E-state index in [-0.39, 0.29) is 0 Å². The van der Waals surface area contributed by atoms with E-state index in [2.05, 4.69) is 34.3 Å². The van der Waals surface area contributed by atoms with Gasteiger partial charge in [-0.1, -0.05) is 17.8 Å². The van der Waals surface area contributed by atoms with Gasteiger partial charge in [0.05, 0.1) is 17.1 Å². The molecule has 0 amide bonds. The molecule has 0 saturated carbocycles. The topological polar surface area (TPSA) is 64.5 Å². The van der Waals surface area contributed by atoms with Crippen LogP contribution >= 0.6 is 11.8 Å². The standard InChI is InChI=1S/C13H16N4S/c1-9-4-5-10-11(6-9)17-12(16-10)18-8-13(2,7-14)15-3/h4-6,15H,8H2,1-3H3,(H,16,17). The van der Waals surface area contributed by atoms with Gasteiger partial charge in [-0.2, -0.15) is 5.26 Å². The molecule has 1 atom stereocenters. The predicted octanol–water partition coefficient (Wildman–Crippen LogP) is 2.47. The third-order valence-electron chi connectivity index (χ3n) is 2.91. The monoisotopic (exact) mass is 260 g/mol. The van der Waals surface area contributed by atoms with Crippen LogP contribution in [0.25, 0.3) is 11.0 Å². The van der Waals surface area contributed by atoms with Crippen LogP contribution < -0.4 is 5.32 Å². The van der Waals surface area contributed by atoms with Crippen molar-refractivity contribution in [1.29, 1.82) is 5.26 Å². The molecule has 0 bridgehead atoms. The largest absolute Gasteiger partial charge is 0.333 e. The number of aryl methyl sites for hydroxylation is 1. The number of nitriles is 1. The van der Waals surface area contributed by atoms with Crippen LogP contribution in [-0.4, -0.2) is 28.3 Å². The lowest BCUT2D eigenvalue weighted by Crippen LogP contribution is -2.40. The van der Waals surface area contributed by atoms with Crippen molar-refractivity contribution >= 4 is 22.8 Å². The summed E-state index contributed by atoms with van der Waals surface area (Å²) >= 11 is 1.56. The second kappa shape index (κ2) is 5.01. The quantitative estimate of drug-likeness (QED) is 0.829. The molecule has 5 heteroatoms. The van der Waals surface area contributed by atoms with Gasteiger partial charge in [0.1, 0.15) is 5.54 Å². The van der Waals surface area contributed by atoms with Gasteiger partial charge in [0.2, 0.25) is 0 Å². The Hall–Kier alpha value is -1.51. The molecule has 2 rings (SSSR count). The minimum atomic E-state index is -0.528. The number of hydrogen-bond acceptors (Lipinski definition) is 4. The summed E-state index contributed by atoms with van der Waals surface area (Å²) in [6.45, 7) is 3.94. The highest BCUT2D eigenvalue weighted by molar-refractivity contribution is 7.99. The summed E-state index contributed by atoms with van der Waals surface area (Å²) in [5, 5.41) is 13.0. The van der Waals surface area contributed by atoms with Gasteiger partial charge in [-0.3, -0.25) is 0 Å². The maximum atomic E-state index is 9.08. The number of nitrogens with one attached hydrogen (secondary N) is 2. The van der Waals surface area contributed by atoms with Crippen molar-refractivity contribution in [2.75, 3.05) is 12.8 Å². The van der Waals surface area contributed by atoms with Crippen molar-refractivity contribution in [3.8, 4) is 6.07 Å². The lowest BCUT2D eigenvalue weighted by atomic mass is 10.1. The van der Waals surface area contributed by atoms with Gasteiger partial charge in [-0.25, -0.2) is 4.98 Å². The summed E-state index contributed by atoms with van der Waals surface area (Å²) < 4.78 is 0. The number of fused-ring (bicyclic) bond motifs is 1. The second-order valence-corrected chi connectivity index (χ2v) is 5.51. The zero-order valence-electron chi connectivity index (χ0n) is 10.7. The van der Waals surface area contributed by atoms with Crippen LogP contribution in [0.5, 0.6) is 0 Å². The summed E-state index contributed by atoms with van der Waals surface area (Å²) in [5.41, 5.74) is 2.69. The molecule has 0 spiro atoms. The van der Waals surface area contributed by atoms with E-state index in [0.29, 0.717) is 5.75 Å². The Labute approximate surface area is 111 Å². The number of nitrogens with zero attached hydrogens (tertiary/aromatic N) is 2. The Balaban J connectivity index is 2.16. The van der Waals surface area contributed by atoms with E-state index in [0.717, 1.165) is 16.2 Å². The van der Waals surface area contributed by atoms with Crippen molar-refractivity contribution in [2.45, 2.75) is 24.5 Å². The molecular weight excluding hydrogens is 244 g/mol. The Morgan fingerprint density at radius 2 is 2.33 bits per heavy atom. The molecule has 4 nitrogen and oxygen atoms in total. The SMILES string of the molecule is CNC(C)(C#N)CSc1nc2ccc(C)cc2[nH]1. The maximum Gasteiger partial charge on any atom is 0.166 e. The Morgan fingerprint density at radius 3 is 3.00 bits per heavy atom. The molecule has 2 N–H and O–H groups in total. The molecule has 1 aromatic carbocycles. The first-order chi connectivity index (χ1) is 8.56. The van der Waals surface area contributed by atoms with Crippen LogP contribution in [0.2, 0.25) is 0 Å². The first kappa shape index (κ1) is 12.9. The predicted molar refractivity (Wildman–Crippen MR) is 74.6 cm³/mol. The normalized spacial score (nSPS) is 14.3. The van der Waals surface area contributed by atoms with E-state index in [4.69, 9.17) is 5.26 Å². The zero-order chi connectivity index (χ0) is 13.2. The fourth-order valence-electron chi connectivity index (χ4n) is 1.54. The van der Waals surface area contributed by atoms with Gasteiger partial charge in [0.15, 0.2) is 5.16 Å². The van der Waals surface area contributed by atoms with Crippen LogP contribution in [0.1, 0.15) is 12.5 Å². The van der Waals surface area contributed by atoms with Crippen molar-refractivity contribution < 1.29 is 0 Å². The average molecular weight is 260 g/mol. The van der Waals surface area contributed by atoms with Crippen LogP contribution in [-0.2, 0) is 0 Å². The molecule has 18 heavy (non-hydrogen) atoms. The van der Waals surface area contributed by atoms with Gasteiger partial charge >= 0.3 is 0 Å². The number of rotatable bonds is 4. The van der Waals surface area contributed by atoms with Crippen LogP contribution in [0.4, 0.5) is 0 Å². The number of aromatic amines is 1. The van der Waals surface area contributed by atoms with E-state index in [1.165, 1.54) is 5.56 Å². The molecule has 1 heterocycles. The van der Waals surface area contributed by atoms with Gasteiger partial charge in [0.25, 0.3) is 0 Å². The van der Waals surface area contributed by atoms with Crippen LogP contribution in [0, 0.1) is 18.3 Å². The summed E-state index contributed by atoms with van der Waals surface area (Å²) in [6.07, 6.45) is 0. The summed E-state index contributed by atoms with van der Waals surface area (Å²) in [5.74, 6) is 0.652. The Morgan fingerprint density at radius 1 is 1.56 bits per heavy atom. The second-order valence-electron chi connectivity index (χ2n) is 4.55. The first-order valence-electron chi connectivity index (χ1n) is 5.76. The number of aromatic nitrogens is 2. The molecule has 0 radical (unpaired) electrons. The zero-order valence-corrected chi connectivity index (χ0v) is 11.6. The molecule has 94 valence electrons. The molecule has 0 fully saturated rings. The van der Waals surface area contributed by atoms with Crippen molar-refractivity contribution in [2.24, 2.45) is 0 Å². The summed E-state index contributed by atoms with van der Waals surface area (Å²) in [6, 6.07) is 8.40. The molecule has 1 aromatic heterocycles. The van der Waals surface area contributed by atoms with Crippen LogP contribution in [0.15, 0.2) is 23.4 Å². The Kier molecular flexibility index (Phi) is 3.60. The Bertz CT molecular complexity index is 599. The number of imidazole rings is 1. The number of thioether (sulfide) groups is 1. The number of hydrogen-bond donors (Lipinski definition) is 2. The third-order valence-corrected chi connectivity index (χ3v) is 4.10. The number of H-pyrrole nitrogens is 1. The average Bonchev–Trinajstić information content (AvgIpc) is 2.78.